The SMILES string of the molecule is COC(=O)[C@@H]1C[C@@H](OC(C)=O)C(=O)[C@H]2[C@]1(C)CC[C@@H]1C(=O)O[C@H](c3ccoc3)C[C@]21C. The first-order valence-electron chi connectivity index (χ1n) is 10.6. The number of fused-ring (bicyclic) bond motifs is 3. The van der Waals surface area contributed by atoms with Gasteiger partial charge in [0.25, 0.3) is 0 Å². The Bertz CT molecular complexity index is 905. The Morgan fingerprint density at radius 2 is 1.94 bits per heavy atom. The van der Waals surface area contributed by atoms with Gasteiger partial charge >= 0.3 is 17.9 Å². The zero-order valence-electron chi connectivity index (χ0n) is 18.2. The molecule has 1 aromatic heterocycles. The number of esters is 3. The zero-order chi connectivity index (χ0) is 22.6. The number of carbonyl (C=O) groups excluding carboxylic acids is 4. The van der Waals surface area contributed by atoms with Crippen LogP contribution in [0, 0.1) is 28.6 Å². The summed E-state index contributed by atoms with van der Waals surface area (Å²) in [4.78, 5) is 51.2. The molecule has 0 radical (unpaired) electrons. The van der Waals surface area contributed by atoms with Crippen molar-refractivity contribution in [2.75, 3.05) is 7.11 Å². The summed E-state index contributed by atoms with van der Waals surface area (Å²) in [6.45, 7) is 5.09. The second kappa shape index (κ2) is 7.50. The van der Waals surface area contributed by atoms with E-state index in [1.54, 1.807) is 6.07 Å². The lowest BCUT2D eigenvalue weighted by atomic mass is 9.43. The van der Waals surface area contributed by atoms with Gasteiger partial charge < -0.3 is 18.6 Å². The van der Waals surface area contributed by atoms with E-state index in [9.17, 15) is 19.2 Å². The molecule has 2 heterocycles. The number of methoxy groups -OCH3 is 1. The van der Waals surface area contributed by atoms with Crippen LogP contribution in [0.3, 0.4) is 0 Å². The van der Waals surface area contributed by atoms with Gasteiger partial charge in [0, 0.05) is 24.8 Å². The third-order valence-corrected chi connectivity index (χ3v) is 7.81. The van der Waals surface area contributed by atoms with E-state index in [-0.39, 0.29) is 18.2 Å². The molecule has 0 spiro atoms. The molecule has 0 bridgehead atoms. The fourth-order valence-corrected chi connectivity index (χ4v) is 6.46. The van der Waals surface area contributed by atoms with Crippen LogP contribution >= 0.6 is 0 Å². The van der Waals surface area contributed by atoms with Gasteiger partial charge in [-0.3, -0.25) is 19.2 Å². The molecule has 0 unspecified atom stereocenters. The fourth-order valence-electron chi connectivity index (χ4n) is 6.46. The molecule has 1 aromatic rings. The van der Waals surface area contributed by atoms with Crippen molar-refractivity contribution in [3.05, 3.63) is 24.2 Å². The predicted octanol–water partition coefficient (Wildman–Crippen LogP) is 3.00. The predicted molar refractivity (Wildman–Crippen MR) is 105 cm³/mol. The summed E-state index contributed by atoms with van der Waals surface area (Å²) >= 11 is 0. The summed E-state index contributed by atoms with van der Waals surface area (Å²) in [6.07, 6.45) is 2.98. The van der Waals surface area contributed by atoms with Gasteiger partial charge in [0.05, 0.1) is 31.5 Å². The number of hydrogen-bond acceptors (Lipinski definition) is 8. The van der Waals surface area contributed by atoms with Gasteiger partial charge in [-0.2, -0.15) is 0 Å². The van der Waals surface area contributed by atoms with E-state index in [1.165, 1.54) is 26.6 Å². The van der Waals surface area contributed by atoms with Crippen LogP contribution in [0.1, 0.15) is 58.1 Å². The van der Waals surface area contributed by atoms with Gasteiger partial charge in [0.2, 0.25) is 0 Å². The van der Waals surface area contributed by atoms with Gasteiger partial charge in [0.1, 0.15) is 6.10 Å². The first-order chi connectivity index (χ1) is 14.6. The van der Waals surface area contributed by atoms with Gasteiger partial charge in [-0.1, -0.05) is 13.8 Å². The summed E-state index contributed by atoms with van der Waals surface area (Å²) in [5.74, 6) is -3.35. The number of furan rings is 1. The Kier molecular flexibility index (Phi) is 5.22. The Labute approximate surface area is 180 Å². The molecule has 1 aliphatic heterocycles. The van der Waals surface area contributed by atoms with Crippen molar-refractivity contribution in [2.45, 2.75) is 58.7 Å². The standard InChI is InChI=1S/C23H28O8/c1-12(24)30-16-9-15(20(26)28-4)22(2)7-5-14-21(27)31-17(13-6-8-29-11-13)10-23(14,3)19(22)18(16)25/h6,8,11,14-17,19H,5,7,9-10H2,1-4H3/t14-,15+,16-,17+,19+,22-,23+/m1/s1. The summed E-state index contributed by atoms with van der Waals surface area (Å²) in [6, 6.07) is 1.74. The molecule has 2 saturated carbocycles. The molecule has 31 heavy (non-hydrogen) atoms. The smallest absolute Gasteiger partial charge is 0.310 e. The van der Waals surface area contributed by atoms with E-state index >= 15 is 0 Å². The van der Waals surface area contributed by atoms with E-state index in [1.807, 2.05) is 13.8 Å². The van der Waals surface area contributed by atoms with Crippen LogP contribution in [-0.4, -0.2) is 36.9 Å². The van der Waals surface area contributed by atoms with Crippen molar-refractivity contribution in [3.8, 4) is 0 Å². The van der Waals surface area contributed by atoms with E-state index in [0.29, 0.717) is 19.3 Å². The van der Waals surface area contributed by atoms with Crippen LogP contribution in [-0.2, 0) is 33.4 Å². The van der Waals surface area contributed by atoms with Crippen LogP contribution in [0.25, 0.3) is 0 Å². The highest BCUT2D eigenvalue weighted by molar-refractivity contribution is 5.93. The van der Waals surface area contributed by atoms with Crippen LogP contribution < -0.4 is 0 Å². The number of carbonyl (C=O) groups is 4. The maximum Gasteiger partial charge on any atom is 0.310 e. The number of hydrogen-bond donors (Lipinski definition) is 0. The molecule has 0 aromatic carbocycles. The molecule has 8 nitrogen and oxygen atoms in total. The molecule has 0 amide bonds. The Balaban J connectivity index is 1.80. The molecule has 3 fully saturated rings. The first kappa shape index (κ1) is 21.6. The minimum Gasteiger partial charge on any atom is -0.472 e. The van der Waals surface area contributed by atoms with E-state index in [0.717, 1.165) is 5.56 Å². The third-order valence-electron chi connectivity index (χ3n) is 7.81. The molecule has 168 valence electrons. The lowest BCUT2D eigenvalue weighted by molar-refractivity contribution is -0.210. The van der Waals surface area contributed by atoms with Crippen LogP contribution in [0.4, 0.5) is 0 Å². The minimum absolute atomic E-state index is 0.0917. The van der Waals surface area contributed by atoms with Crippen LogP contribution in [0.5, 0.6) is 0 Å². The number of cyclic esters (lactones) is 1. The van der Waals surface area contributed by atoms with Crippen molar-refractivity contribution in [1.82, 2.24) is 0 Å². The summed E-state index contributed by atoms with van der Waals surface area (Å²) in [7, 11) is 1.32. The maximum atomic E-state index is 13.7. The first-order valence-corrected chi connectivity index (χ1v) is 10.6. The number of ketones is 1. The van der Waals surface area contributed by atoms with Gasteiger partial charge in [-0.25, -0.2) is 0 Å². The summed E-state index contributed by atoms with van der Waals surface area (Å²) < 4.78 is 21.3. The fraction of sp³-hybridized carbons (Fsp3) is 0.652. The Morgan fingerprint density at radius 1 is 1.19 bits per heavy atom. The monoisotopic (exact) mass is 432 g/mol. The van der Waals surface area contributed by atoms with Crippen molar-refractivity contribution >= 4 is 23.7 Å². The topological polar surface area (TPSA) is 109 Å². The van der Waals surface area contributed by atoms with Gasteiger partial charge in [-0.15, -0.1) is 0 Å². The number of ether oxygens (including phenoxy) is 3. The van der Waals surface area contributed by atoms with Crippen molar-refractivity contribution in [2.24, 2.45) is 28.6 Å². The van der Waals surface area contributed by atoms with Crippen molar-refractivity contribution < 1.29 is 37.8 Å². The normalized spacial score (nSPS) is 39.7. The average molecular weight is 432 g/mol. The third kappa shape index (κ3) is 3.27. The van der Waals surface area contributed by atoms with Crippen LogP contribution in [0.15, 0.2) is 23.0 Å². The molecular formula is C23H28O8. The number of Topliss-reactive ketones (excluding diaryl/α,β-unsaturated/α-hetero) is 1. The second-order valence-electron chi connectivity index (χ2n) is 9.53. The summed E-state index contributed by atoms with van der Waals surface area (Å²) in [5.41, 5.74) is -0.763. The quantitative estimate of drug-likeness (QED) is 0.530. The average Bonchev–Trinajstić information content (AvgIpc) is 3.23. The van der Waals surface area contributed by atoms with E-state index < -0.39 is 52.7 Å². The largest absolute Gasteiger partial charge is 0.472 e. The highest BCUT2D eigenvalue weighted by Gasteiger charge is 2.67. The lowest BCUT2D eigenvalue weighted by Crippen LogP contribution is -2.64. The molecule has 2 aliphatic carbocycles. The molecule has 8 heteroatoms. The van der Waals surface area contributed by atoms with Gasteiger partial charge in [0.15, 0.2) is 11.9 Å². The number of rotatable bonds is 3. The second-order valence-corrected chi connectivity index (χ2v) is 9.53. The van der Waals surface area contributed by atoms with Crippen molar-refractivity contribution in [3.63, 3.8) is 0 Å². The Morgan fingerprint density at radius 3 is 2.55 bits per heavy atom. The molecule has 0 N–H and O–H groups in total. The maximum absolute atomic E-state index is 13.7. The zero-order valence-corrected chi connectivity index (χ0v) is 18.2. The van der Waals surface area contributed by atoms with E-state index in [2.05, 4.69) is 0 Å². The molecule has 4 rings (SSSR count). The molecule has 3 aliphatic rings. The molecule has 7 atom stereocenters. The highest BCUT2D eigenvalue weighted by atomic mass is 16.6. The van der Waals surface area contributed by atoms with Gasteiger partial charge in [-0.05, 0) is 36.2 Å². The highest BCUT2D eigenvalue weighted by Crippen LogP contribution is 2.65. The minimum atomic E-state index is -1.04. The molecule has 1 saturated heterocycles. The Hall–Kier alpha value is -2.64. The lowest BCUT2D eigenvalue weighted by Gasteiger charge is -2.60. The molecular weight excluding hydrogens is 404 g/mol. The summed E-state index contributed by atoms with van der Waals surface area (Å²) in [5, 5.41) is 0. The van der Waals surface area contributed by atoms with Crippen LogP contribution in [0.2, 0.25) is 0 Å². The van der Waals surface area contributed by atoms with Crippen molar-refractivity contribution in [1.29, 1.82) is 0 Å². The van der Waals surface area contributed by atoms with E-state index in [4.69, 9.17) is 18.6 Å².